The number of anilines is 1. The molecule has 2 heterocycles. The fourth-order valence-electron chi connectivity index (χ4n) is 1.19. The summed E-state index contributed by atoms with van der Waals surface area (Å²) < 4.78 is 9.63. The molecule has 0 unspecified atom stereocenters. The van der Waals surface area contributed by atoms with E-state index in [4.69, 9.17) is 15.0 Å². The van der Waals surface area contributed by atoms with Gasteiger partial charge in [0.25, 0.3) is 11.7 Å². The van der Waals surface area contributed by atoms with Gasteiger partial charge in [0.1, 0.15) is 0 Å². The molecule has 0 saturated heterocycles. The highest BCUT2D eigenvalue weighted by Crippen LogP contribution is 2.20. The molecule has 88 valence electrons. The Morgan fingerprint density at radius 3 is 3.12 bits per heavy atom. The Morgan fingerprint density at radius 1 is 1.59 bits per heavy atom. The highest BCUT2D eigenvalue weighted by Gasteiger charge is 2.18. The van der Waals surface area contributed by atoms with E-state index >= 15 is 0 Å². The van der Waals surface area contributed by atoms with Gasteiger partial charge in [0.05, 0.1) is 12.3 Å². The van der Waals surface area contributed by atoms with Crippen LogP contribution in [0.3, 0.4) is 0 Å². The Morgan fingerprint density at radius 2 is 2.41 bits per heavy atom. The number of pyridine rings is 1. The van der Waals surface area contributed by atoms with Crippen LogP contribution in [0.25, 0.3) is 11.6 Å². The zero-order valence-corrected chi connectivity index (χ0v) is 9.08. The van der Waals surface area contributed by atoms with E-state index in [2.05, 4.69) is 15.1 Å². The number of nitrogens with zero attached hydrogens (tertiary/aromatic N) is 3. The van der Waals surface area contributed by atoms with Crippen molar-refractivity contribution in [1.29, 1.82) is 0 Å². The normalized spacial score (nSPS) is 10.2. The molecule has 0 saturated carbocycles. The van der Waals surface area contributed by atoms with Gasteiger partial charge in [-0.15, -0.1) is 0 Å². The zero-order chi connectivity index (χ0) is 12.3. The molecule has 2 aromatic rings. The van der Waals surface area contributed by atoms with E-state index in [0.717, 1.165) is 0 Å². The summed E-state index contributed by atoms with van der Waals surface area (Å²) in [6.45, 7) is 1.93. The third-order valence-electron chi connectivity index (χ3n) is 1.93. The van der Waals surface area contributed by atoms with E-state index < -0.39 is 5.97 Å². The van der Waals surface area contributed by atoms with Gasteiger partial charge in [-0.3, -0.25) is 0 Å². The lowest BCUT2D eigenvalue weighted by Crippen LogP contribution is -2.06. The van der Waals surface area contributed by atoms with Gasteiger partial charge in [0.15, 0.2) is 5.69 Å². The standard InChI is InChI=1S/C10H10N4O3/c1-2-16-10(15)8-13-9(17-14-8)7-6(11)4-3-5-12-7/h3-5H,2,11H2,1H3. The number of carbonyl (C=O) groups excluding carboxylic acids is 1. The molecule has 0 aliphatic rings. The SMILES string of the molecule is CCOC(=O)c1noc(-c2ncccc2N)n1. The van der Waals surface area contributed by atoms with Crippen molar-refractivity contribution in [3.63, 3.8) is 0 Å². The first-order valence-electron chi connectivity index (χ1n) is 4.94. The molecule has 7 heteroatoms. The van der Waals surface area contributed by atoms with Gasteiger partial charge < -0.3 is 15.0 Å². The van der Waals surface area contributed by atoms with Crippen LogP contribution in [-0.4, -0.2) is 27.7 Å². The molecule has 0 aromatic carbocycles. The highest BCUT2D eigenvalue weighted by atomic mass is 16.5. The molecule has 7 nitrogen and oxygen atoms in total. The van der Waals surface area contributed by atoms with Crippen LogP contribution in [0.2, 0.25) is 0 Å². The number of ether oxygens (including phenoxy) is 1. The summed E-state index contributed by atoms with van der Waals surface area (Å²) in [5.74, 6) is -0.699. The number of rotatable bonds is 3. The average molecular weight is 234 g/mol. The average Bonchev–Trinajstić information content (AvgIpc) is 2.79. The van der Waals surface area contributed by atoms with Crippen molar-refractivity contribution >= 4 is 11.7 Å². The number of hydrogen-bond donors (Lipinski definition) is 1. The summed E-state index contributed by atoms with van der Waals surface area (Å²) in [6.07, 6.45) is 1.54. The van der Waals surface area contributed by atoms with Gasteiger partial charge in [-0.2, -0.15) is 4.98 Å². The molecule has 2 aromatic heterocycles. The molecule has 0 spiro atoms. The number of esters is 1. The smallest absolute Gasteiger partial charge is 0.379 e. The van der Waals surface area contributed by atoms with Crippen molar-refractivity contribution in [2.24, 2.45) is 0 Å². The third kappa shape index (κ3) is 2.22. The maximum atomic E-state index is 11.3. The quantitative estimate of drug-likeness (QED) is 0.786. The second-order valence-electron chi connectivity index (χ2n) is 3.08. The largest absolute Gasteiger partial charge is 0.460 e. The topological polar surface area (TPSA) is 104 Å². The molecular formula is C10H10N4O3. The molecule has 0 fully saturated rings. The summed E-state index contributed by atoms with van der Waals surface area (Å²) >= 11 is 0. The molecule has 2 rings (SSSR count). The Bertz CT molecular complexity index is 538. The lowest BCUT2D eigenvalue weighted by atomic mass is 10.3. The minimum atomic E-state index is -0.642. The molecule has 0 aliphatic heterocycles. The van der Waals surface area contributed by atoms with E-state index in [1.165, 1.54) is 0 Å². The maximum Gasteiger partial charge on any atom is 0.379 e. The van der Waals surface area contributed by atoms with Gasteiger partial charge in [0, 0.05) is 6.20 Å². The van der Waals surface area contributed by atoms with Gasteiger partial charge >= 0.3 is 5.97 Å². The van der Waals surface area contributed by atoms with E-state index in [1.807, 2.05) is 0 Å². The van der Waals surface area contributed by atoms with Crippen molar-refractivity contribution in [3.05, 3.63) is 24.2 Å². The van der Waals surface area contributed by atoms with Crippen LogP contribution in [0, 0.1) is 0 Å². The van der Waals surface area contributed by atoms with Crippen LogP contribution in [-0.2, 0) is 4.74 Å². The van der Waals surface area contributed by atoms with E-state index in [9.17, 15) is 4.79 Å². The summed E-state index contributed by atoms with van der Waals surface area (Å²) in [7, 11) is 0. The Balaban J connectivity index is 2.30. The number of nitrogens with two attached hydrogens (primary N) is 1. The Kier molecular flexibility index (Phi) is 2.99. The maximum absolute atomic E-state index is 11.3. The molecule has 0 amide bonds. The lowest BCUT2D eigenvalue weighted by molar-refractivity contribution is 0.0508. The van der Waals surface area contributed by atoms with Crippen LogP contribution in [0.4, 0.5) is 5.69 Å². The first-order valence-corrected chi connectivity index (χ1v) is 4.94. The predicted octanol–water partition coefficient (Wildman–Crippen LogP) is 0.890. The van der Waals surface area contributed by atoms with E-state index in [1.54, 1.807) is 25.3 Å². The Labute approximate surface area is 96.6 Å². The third-order valence-corrected chi connectivity index (χ3v) is 1.93. The fourth-order valence-corrected chi connectivity index (χ4v) is 1.19. The van der Waals surface area contributed by atoms with Gasteiger partial charge in [-0.05, 0) is 24.2 Å². The summed E-state index contributed by atoms with van der Waals surface area (Å²) in [6, 6.07) is 3.33. The van der Waals surface area contributed by atoms with Crippen molar-refractivity contribution < 1.29 is 14.1 Å². The monoisotopic (exact) mass is 234 g/mol. The molecule has 0 aliphatic carbocycles. The number of aromatic nitrogens is 3. The molecule has 0 radical (unpaired) electrons. The molecule has 2 N–H and O–H groups in total. The van der Waals surface area contributed by atoms with Gasteiger partial charge in [-0.25, -0.2) is 9.78 Å². The van der Waals surface area contributed by atoms with Crippen LogP contribution in [0.1, 0.15) is 17.5 Å². The summed E-state index contributed by atoms with van der Waals surface area (Å²) in [5, 5.41) is 3.50. The van der Waals surface area contributed by atoms with Crippen LogP contribution < -0.4 is 5.73 Å². The molecule has 0 bridgehead atoms. The number of hydrogen-bond acceptors (Lipinski definition) is 7. The van der Waals surface area contributed by atoms with E-state index in [0.29, 0.717) is 11.4 Å². The second-order valence-corrected chi connectivity index (χ2v) is 3.08. The molecule has 17 heavy (non-hydrogen) atoms. The summed E-state index contributed by atoms with van der Waals surface area (Å²) in [4.78, 5) is 19.2. The molecular weight excluding hydrogens is 224 g/mol. The van der Waals surface area contributed by atoms with Crippen molar-refractivity contribution in [2.45, 2.75) is 6.92 Å². The number of nitrogen functional groups attached to an aromatic ring is 1. The van der Waals surface area contributed by atoms with Crippen LogP contribution in [0.5, 0.6) is 0 Å². The first-order chi connectivity index (χ1) is 8.22. The lowest BCUT2D eigenvalue weighted by Gasteiger charge is -1.96. The number of carbonyl (C=O) groups is 1. The minimum absolute atomic E-state index is 0.0890. The van der Waals surface area contributed by atoms with Crippen molar-refractivity contribution in [3.8, 4) is 11.6 Å². The highest BCUT2D eigenvalue weighted by molar-refractivity contribution is 5.85. The second kappa shape index (κ2) is 4.60. The van der Waals surface area contributed by atoms with Crippen LogP contribution in [0.15, 0.2) is 22.9 Å². The first kappa shape index (κ1) is 11.1. The fraction of sp³-hybridized carbons (Fsp3) is 0.200. The van der Waals surface area contributed by atoms with Crippen LogP contribution >= 0.6 is 0 Å². The van der Waals surface area contributed by atoms with E-state index in [-0.39, 0.29) is 18.3 Å². The predicted molar refractivity (Wildman–Crippen MR) is 57.9 cm³/mol. The minimum Gasteiger partial charge on any atom is -0.460 e. The zero-order valence-electron chi connectivity index (χ0n) is 9.08. The molecule has 0 atom stereocenters. The summed E-state index contributed by atoms with van der Waals surface area (Å²) in [5.41, 5.74) is 6.43. The van der Waals surface area contributed by atoms with Gasteiger partial charge in [-0.1, -0.05) is 0 Å². The van der Waals surface area contributed by atoms with Gasteiger partial charge in [0.2, 0.25) is 0 Å². The van der Waals surface area contributed by atoms with Crippen molar-refractivity contribution in [2.75, 3.05) is 12.3 Å². The Hall–Kier alpha value is -2.44. The van der Waals surface area contributed by atoms with Crippen molar-refractivity contribution in [1.82, 2.24) is 15.1 Å².